The van der Waals surface area contributed by atoms with Crippen LogP contribution in [0.3, 0.4) is 0 Å². The molecule has 0 bridgehead atoms. The predicted molar refractivity (Wildman–Crippen MR) is 84.6 cm³/mol. The molecule has 0 aliphatic heterocycles. The first kappa shape index (κ1) is 17.2. The third kappa shape index (κ3) is 5.98. The van der Waals surface area contributed by atoms with Crippen LogP contribution in [-0.2, 0) is 4.79 Å². The second kappa shape index (κ2) is 6.74. The van der Waals surface area contributed by atoms with Crippen molar-refractivity contribution in [2.45, 2.75) is 47.5 Å². The van der Waals surface area contributed by atoms with Crippen LogP contribution >= 0.6 is 0 Å². The van der Waals surface area contributed by atoms with E-state index in [0.29, 0.717) is 23.6 Å². The van der Waals surface area contributed by atoms with Gasteiger partial charge in [-0.1, -0.05) is 27.7 Å². The average molecular weight is 291 g/mol. The molecule has 1 amide bonds. The first-order valence-electron chi connectivity index (χ1n) is 7.22. The number of rotatable bonds is 5. The lowest BCUT2D eigenvalue weighted by Gasteiger charge is -2.22. The van der Waals surface area contributed by atoms with Crippen LogP contribution in [0.1, 0.15) is 56.5 Å². The van der Waals surface area contributed by atoms with Crippen molar-refractivity contribution in [3.63, 3.8) is 0 Å². The molecule has 0 radical (unpaired) electrons. The highest BCUT2D eigenvalue weighted by atomic mass is 16.4. The molecule has 0 spiro atoms. The molecule has 0 fully saturated rings. The molecule has 1 aromatic rings. The van der Waals surface area contributed by atoms with Crippen LogP contribution in [0.15, 0.2) is 18.2 Å². The molecular weight excluding hydrogens is 266 g/mol. The van der Waals surface area contributed by atoms with Gasteiger partial charge in [0.05, 0.1) is 5.56 Å². The van der Waals surface area contributed by atoms with E-state index in [1.165, 1.54) is 6.07 Å². The Bertz CT molecular complexity index is 529. The number of carbonyl (C=O) groups is 2. The van der Waals surface area contributed by atoms with E-state index in [4.69, 9.17) is 5.11 Å². The molecule has 1 atom stereocenters. The largest absolute Gasteiger partial charge is 0.478 e. The summed E-state index contributed by atoms with van der Waals surface area (Å²) in [6, 6.07) is 4.84. The number of carbonyl (C=O) groups excluding carboxylic acids is 1. The summed E-state index contributed by atoms with van der Waals surface area (Å²) in [6.07, 6.45) is 1.45. The summed E-state index contributed by atoms with van der Waals surface area (Å²) in [6.45, 7) is 10.3. The molecule has 1 aromatic carbocycles. The van der Waals surface area contributed by atoms with Crippen molar-refractivity contribution in [2.24, 2.45) is 11.3 Å². The third-order valence-electron chi connectivity index (χ3n) is 3.24. The van der Waals surface area contributed by atoms with Crippen LogP contribution in [0.5, 0.6) is 0 Å². The summed E-state index contributed by atoms with van der Waals surface area (Å²) in [5.74, 6) is -0.678. The Morgan fingerprint density at radius 3 is 2.38 bits per heavy atom. The molecule has 0 aliphatic carbocycles. The summed E-state index contributed by atoms with van der Waals surface area (Å²) in [5, 5.41) is 11.8. The zero-order valence-corrected chi connectivity index (χ0v) is 13.5. The smallest absolute Gasteiger partial charge is 0.335 e. The topological polar surface area (TPSA) is 66.4 Å². The molecular formula is C17H25NO3. The number of hydrogen-bond donors (Lipinski definition) is 2. The number of hydrogen-bond acceptors (Lipinski definition) is 2. The predicted octanol–water partition coefficient (Wildman–Crippen LogP) is 4.09. The monoisotopic (exact) mass is 291 g/mol. The molecule has 1 unspecified atom stereocenters. The van der Waals surface area contributed by atoms with Crippen molar-refractivity contribution < 1.29 is 14.7 Å². The molecule has 1 rings (SSSR count). The van der Waals surface area contributed by atoms with Crippen molar-refractivity contribution in [3.05, 3.63) is 29.3 Å². The lowest BCUT2D eigenvalue weighted by atomic mass is 9.84. The lowest BCUT2D eigenvalue weighted by molar-refractivity contribution is -0.117. The molecule has 0 saturated heterocycles. The minimum absolute atomic E-state index is 0.0331. The fraction of sp³-hybridized carbons (Fsp3) is 0.529. The number of carboxylic acids is 1. The molecule has 4 heteroatoms. The molecule has 0 aromatic heterocycles. The fourth-order valence-electron chi connectivity index (χ4n) is 2.63. The minimum Gasteiger partial charge on any atom is -0.478 e. The molecule has 0 saturated carbocycles. The molecule has 21 heavy (non-hydrogen) atoms. The highest BCUT2D eigenvalue weighted by Crippen LogP contribution is 2.26. The number of benzene rings is 1. The normalized spacial score (nSPS) is 12.8. The maximum Gasteiger partial charge on any atom is 0.335 e. The number of anilines is 1. The number of amides is 1. The Labute approximate surface area is 126 Å². The second-order valence-electron chi connectivity index (χ2n) is 6.96. The van der Waals surface area contributed by atoms with Crippen molar-refractivity contribution in [1.82, 2.24) is 0 Å². The Morgan fingerprint density at radius 2 is 1.90 bits per heavy atom. The first-order chi connectivity index (χ1) is 9.58. The van der Waals surface area contributed by atoms with Gasteiger partial charge in [-0.15, -0.1) is 0 Å². The van der Waals surface area contributed by atoms with Gasteiger partial charge >= 0.3 is 5.97 Å². The van der Waals surface area contributed by atoms with Crippen molar-refractivity contribution in [1.29, 1.82) is 0 Å². The number of aryl methyl sites for hydroxylation is 1. The third-order valence-corrected chi connectivity index (χ3v) is 3.24. The highest BCUT2D eigenvalue weighted by Gasteiger charge is 2.18. The van der Waals surface area contributed by atoms with Crippen LogP contribution in [0.25, 0.3) is 0 Å². The molecule has 116 valence electrons. The van der Waals surface area contributed by atoms with E-state index < -0.39 is 5.97 Å². The zero-order valence-electron chi connectivity index (χ0n) is 13.5. The minimum atomic E-state index is -0.954. The van der Waals surface area contributed by atoms with Gasteiger partial charge in [0.2, 0.25) is 5.91 Å². The summed E-state index contributed by atoms with van der Waals surface area (Å²) in [7, 11) is 0. The summed E-state index contributed by atoms with van der Waals surface area (Å²) >= 11 is 0. The van der Waals surface area contributed by atoms with E-state index in [0.717, 1.165) is 6.42 Å². The number of nitrogens with one attached hydrogen (secondary N) is 1. The van der Waals surface area contributed by atoms with Crippen LogP contribution in [0.2, 0.25) is 0 Å². The standard InChI is InChI=1S/C17H25NO3/c1-11(10-17(3,4)5)8-15(19)18-13-6-7-14(16(20)21)12(2)9-13/h6-7,9,11H,8,10H2,1-5H3,(H,18,19)(H,20,21). The van der Waals surface area contributed by atoms with E-state index in [1.807, 2.05) is 0 Å². The summed E-state index contributed by atoms with van der Waals surface area (Å²) in [5.41, 5.74) is 1.75. The van der Waals surface area contributed by atoms with Crippen LogP contribution in [0, 0.1) is 18.3 Å². The van der Waals surface area contributed by atoms with Gasteiger partial charge in [0.15, 0.2) is 0 Å². The molecule has 0 aliphatic rings. The number of aromatic carboxylic acids is 1. The van der Waals surface area contributed by atoms with Gasteiger partial charge in [-0.3, -0.25) is 4.79 Å². The van der Waals surface area contributed by atoms with E-state index in [9.17, 15) is 9.59 Å². The maximum absolute atomic E-state index is 12.0. The highest BCUT2D eigenvalue weighted by molar-refractivity contribution is 5.93. The average Bonchev–Trinajstić information content (AvgIpc) is 2.24. The summed E-state index contributed by atoms with van der Waals surface area (Å²) in [4.78, 5) is 23.0. The van der Waals surface area contributed by atoms with Crippen LogP contribution in [-0.4, -0.2) is 17.0 Å². The zero-order chi connectivity index (χ0) is 16.2. The fourth-order valence-corrected chi connectivity index (χ4v) is 2.63. The summed E-state index contributed by atoms with van der Waals surface area (Å²) < 4.78 is 0. The molecule has 4 nitrogen and oxygen atoms in total. The quantitative estimate of drug-likeness (QED) is 0.858. The van der Waals surface area contributed by atoms with Crippen molar-refractivity contribution >= 4 is 17.6 Å². The van der Waals surface area contributed by atoms with Gasteiger partial charge in [0.1, 0.15) is 0 Å². The van der Waals surface area contributed by atoms with Gasteiger partial charge in [-0.05, 0) is 48.4 Å². The number of carboxylic acid groups (broad SMARTS) is 1. The van der Waals surface area contributed by atoms with Crippen LogP contribution < -0.4 is 5.32 Å². The van der Waals surface area contributed by atoms with Gasteiger partial charge in [0.25, 0.3) is 0 Å². The second-order valence-corrected chi connectivity index (χ2v) is 6.96. The van der Waals surface area contributed by atoms with Gasteiger partial charge < -0.3 is 10.4 Å². The van der Waals surface area contributed by atoms with Crippen LogP contribution in [0.4, 0.5) is 5.69 Å². The molecule has 0 heterocycles. The lowest BCUT2D eigenvalue weighted by Crippen LogP contribution is -2.19. The van der Waals surface area contributed by atoms with Gasteiger partial charge in [-0.25, -0.2) is 4.79 Å². The Morgan fingerprint density at radius 1 is 1.29 bits per heavy atom. The van der Waals surface area contributed by atoms with Crippen molar-refractivity contribution in [3.8, 4) is 0 Å². The van der Waals surface area contributed by atoms with E-state index in [-0.39, 0.29) is 16.9 Å². The first-order valence-corrected chi connectivity index (χ1v) is 7.22. The van der Waals surface area contributed by atoms with Gasteiger partial charge in [0, 0.05) is 12.1 Å². The van der Waals surface area contributed by atoms with E-state index >= 15 is 0 Å². The Kier molecular flexibility index (Phi) is 5.53. The van der Waals surface area contributed by atoms with E-state index in [2.05, 4.69) is 33.0 Å². The SMILES string of the molecule is Cc1cc(NC(=O)CC(C)CC(C)(C)C)ccc1C(=O)O. The maximum atomic E-state index is 12.0. The molecule has 2 N–H and O–H groups in total. The van der Waals surface area contributed by atoms with E-state index in [1.54, 1.807) is 19.1 Å². The van der Waals surface area contributed by atoms with Gasteiger partial charge in [-0.2, -0.15) is 0 Å². The Balaban J connectivity index is 2.63. The Hall–Kier alpha value is -1.84. The van der Waals surface area contributed by atoms with Crippen molar-refractivity contribution in [2.75, 3.05) is 5.32 Å².